The van der Waals surface area contributed by atoms with Crippen molar-refractivity contribution in [3.8, 4) is 5.75 Å². The highest BCUT2D eigenvalue weighted by atomic mass is 32.2. The van der Waals surface area contributed by atoms with Crippen LogP contribution in [0.1, 0.15) is 57.2 Å². The van der Waals surface area contributed by atoms with Crippen LogP contribution in [0.15, 0.2) is 34.0 Å². The van der Waals surface area contributed by atoms with E-state index in [1.165, 1.54) is 10.7 Å². The number of nitrogens with one attached hydrogen (secondary N) is 2. The van der Waals surface area contributed by atoms with Crippen LogP contribution in [0.2, 0.25) is 0 Å². The monoisotopic (exact) mass is 409 g/mol. The molecule has 0 atom stereocenters. The van der Waals surface area contributed by atoms with Gasteiger partial charge in [-0.1, -0.05) is 33.1 Å². The number of nitrogens with zero attached hydrogens (tertiary/aromatic N) is 1. The third kappa shape index (κ3) is 6.24. The first kappa shape index (κ1) is 22.2. The summed E-state index contributed by atoms with van der Waals surface area (Å²) < 4.78 is 35.1. The fourth-order valence-electron chi connectivity index (χ4n) is 2.89. The smallest absolute Gasteiger partial charge is 0.267 e. The summed E-state index contributed by atoms with van der Waals surface area (Å²) in [6.45, 7) is 7.07. The van der Waals surface area contributed by atoms with E-state index in [0.29, 0.717) is 24.5 Å². The molecule has 0 unspecified atom stereocenters. The molecule has 8 heteroatoms. The van der Waals surface area contributed by atoms with Crippen molar-refractivity contribution in [2.24, 2.45) is 0 Å². The largest absolute Gasteiger partial charge is 0.493 e. The summed E-state index contributed by atoms with van der Waals surface area (Å²) in [6.07, 6.45) is 4.85. The van der Waals surface area contributed by atoms with Crippen LogP contribution >= 0.6 is 0 Å². The minimum Gasteiger partial charge on any atom is -0.493 e. The number of rotatable bonds is 12. The van der Waals surface area contributed by atoms with E-state index in [2.05, 4.69) is 16.7 Å². The highest BCUT2D eigenvalue weighted by molar-refractivity contribution is 7.89. The van der Waals surface area contributed by atoms with Crippen LogP contribution in [-0.2, 0) is 16.6 Å². The lowest BCUT2D eigenvalue weighted by molar-refractivity contribution is 0.312. The second-order valence-electron chi connectivity index (χ2n) is 6.94. The van der Waals surface area contributed by atoms with E-state index in [9.17, 15) is 13.2 Å². The van der Waals surface area contributed by atoms with Gasteiger partial charge in [0.05, 0.1) is 18.0 Å². The van der Waals surface area contributed by atoms with Crippen molar-refractivity contribution in [2.75, 3.05) is 13.2 Å². The molecule has 0 aliphatic heterocycles. The van der Waals surface area contributed by atoms with Crippen LogP contribution in [0, 0.1) is 6.92 Å². The molecule has 1 aromatic heterocycles. The molecule has 7 nitrogen and oxygen atoms in total. The lowest BCUT2D eigenvalue weighted by atomic mass is 10.2. The van der Waals surface area contributed by atoms with Crippen LogP contribution in [0.5, 0.6) is 5.75 Å². The van der Waals surface area contributed by atoms with Crippen molar-refractivity contribution in [2.45, 2.75) is 64.3 Å². The summed E-state index contributed by atoms with van der Waals surface area (Å²) >= 11 is 0. The van der Waals surface area contributed by atoms with Gasteiger partial charge in [0.25, 0.3) is 5.56 Å². The fraction of sp³-hybridized carbons (Fsp3) is 0.550. The van der Waals surface area contributed by atoms with Crippen LogP contribution in [-0.4, -0.2) is 31.3 Å². The number of benzene rings is 1. The van der Waals surface area contributed by atoms with E-state index in [-0.39, 0.29) is 17.0 Å². The average Bonchev–Trinajstić information content (AvgIpc) is 2.97. The minimum absolute atomic E-state index is 0.166. The van der Waals surface area contributed by atoms with Gasteiger partial charge < -0.3 is 4.74 Å². The first-order valence-corrected chi connectivity index (χ1v) is 11.4. The number of hydrogen-bond acceptors (Lipinski definition) is 4. The molecule has 1 heterocycles. The number of aromatic amines is 1. The van der Waals surface area contributed by atoms with E-state index in [1.54, 1.807) is 25.1 Å². The average molecular weight is 410 g/mol. The first-order chi connectivity index (χ1) is 13.4. The molecule has 0 aliphatic rings. The van der Waals surface area contributed by atoms with E-state index in [1.807, 2.05) is 6.92 Å². The number of aromatic nitrogens is 2. The Labute approximate surface area is 167 Å². The zero-order valence-corrected chi connectivity index (χ0v) is 17.8. The normalized spacial score (nSPS) is 11.7. The Morgan fingerprint density at radius 1 is 1.11 bits per heavy atom. The second kappa shape index (κ2) is 10.5. The van der Waals surface area contributed by atoms with Crippen molar-refractivity contribution < 1.29 is 13.2 Å². The zero-order valence-electron chi connectivity index (χ0n) is 17.0. The van der Waals surface area contributed by atoms with Gasteiger partial charge in [-0.15, -0.1) is 0 Å². The van der Waals surface area contributed by atoms with Gasteiger partial charge in [-0.2, -0.15) is 0 Å². The van der Waals surface area contributed by atoms with Crippen LogP contribution < -0.4 is 15.0 Å². The van der Waals surface area contributed by atoms with Crippen molar-refractivity contribution >= 4 is 10.0 Å². The van der Waals surface area contributed by atoms with Crippen LogP contribution in [0.3, 0.4) is 0 Å². The first-order valence-electron chi connectivity index (χ1n) is 9.89. The molecule has 0 radical (unpaired) electrons. The molecule has 0 saturated carbocycles. The Bertz CT molecular complexity index is 916. The van der Waals surface area contributed by atoms with Gasteiger partial charge in [0.1, 0.15) is 5.75 Å². The Morgan fingerprint density at radius 3 is 2.54 bits per heavy atom. The van der Waals surface area contributed by atoms with E-state index < -0.39 is 10.0 Å². The van der Waals surface area contributed by atoms with Crippen LogP contribution in [0.25, 0.3) is 0 Å². The van der Waals surface area contributed by atoms with E-state index >= 15 is 0 Å². The predicted molar refractivity (Wildman–Crippen MR) is 110 cm³/mol. The number of ether oxygens (including phenoxy) is 1. The number of unbranched alkanes of at least 4 members (excludes halogenated alkanes) is 3. The highest BCUT2D eigenvalue weighted by Crippen LogP contribution is 2.24. The molecule has 0 amide bonds. The van der Waals surface area contributed by atoms with E-state index in [4.69, 9.17) is 4.74 Å². The second-order valence-corrected chi connectivity index (χ2v) is 8.71. The Balaban J connectivity index is 2.23. The zero-order chi connectivity index (χ0) is 20.6. The molecule has 156 valence electrons. The lowest BCUT2D eigenvalue weighted by Crippen LogP contribution is -2.25. The molecule has 2 aromatic rings. The number of aryl methyl sites for hydroxylation is 1. The molecule has 0 bridgehead atoms. The van der Waals surface area contributed by atoms with Gasteiger partial charge in [0.2, 0.25) is 10.0 Å². The van der Waals surface area contributed by atoms with Gasteiger partial charge >= 0.3 is 0 Å². The Hall–Kier alpha value is -2.06. The summed E-state index contributed by atoms with van der Waals surface area (Å²) in [5.74, 6) is 0.586. The summed E-state index contributed by atoms with van der Waals surface area (Å²) in [4.78, 5) is 12.2. The van der Waals surface area contributed by atoms with Gasteiger partial charge in [0, 0.05) is 23.9 Å². The molecular weight excluding hydrogens is 378 g/mol. The maximum Gasteiger partial charge on any atom is 0.267 e. The van der Waals surface area contributed by atoms with Gasteiger partial charge in [-0.05, 0) is 38.0 Å². The van der Waals surface area contributed by atoms with Gasteiger partial charge in [-0.25, -0.2) is 17.8 Å². The van der Waals surface area contributed by atoms with Crippen molar-refractivity contribution in [1.82, 2.24) is 14.5 Å². The third-order valence-corrected chi connectivity index (χ3v) is 5.83. The summed E-state index contributed by atoms with van der Waals surface area (Å²) in [5.41, 5.74) is 1.23. The standard InChI is InChI=1S/C20H31N3O4S/c1-4-6-7-8-11-21-28(25,26)18-9-10-19(27-12-5-2)17(14-18)15-23-20(24)13-16(3)22-23/h9-10,13-14,21-22H,4-8,11-12,15H2,1-3H3. The van der Waals surface area contributed by atoms with E-state index in [0.717, 1.165) is 37.8 Å². The van der Waals surface area contributed by atoms with Crippen molar-refractivity contribution in [1.29, 1.82) is 0 Å². The Kier molecular flexibility index (Phi) is 8.32. The summed E-state index contributed by atoms with van der Waals surface area (Å²) in [5, 5.41) is 2.97. The number of H-pyrrole nitrogens is 1. The molecule has 0 fully saturated rings. The molecule has 2 rings (SSSR count). The van der Waals surface area contributed by atoms with Gasteiger partial charge in [-0.3, -0.25) is 9.89 Å². The Morgan fingerprint density at radius 2 is 1.89 bits per heavy atom. The lowest BCUT2D eigenvalue weighted by Gasteiger charge is -2.14. The molecular formula is C20H31N3O4S. The fourth-order valence-corrected chi connectivity index (χ4v) is 4.02. The van der Waals surface area contributed by atoms with Gasteiger partial charge in [0.15, 0.2) is 0 Å². The third-order valence-electron chi connectivity index (χ3n) is 4.37. The van der Waals surface area contributed by atoms with Crippen molar-refractivity contribution in [3.63, 3.8) is 0 Å². The van der Waals surface area contributed by atoms with Crippen molar-refractivity contribution in [3.05, 3.63) is 45.9 Å². The van der Waals surface area contributed by atoms with Crippen LogP contribution in [0.4, 0.5) is 0 Å². The molecule has 0 spiro atoms. The maximum atomic E-state index is 12.6. The highest BCUT2D eigenvalue weighted by Gasteiger charge is 2.17. The number of hydrogen-bond donors (Lipinski definition) is 2. The predicted octanol–water partition coefficient (Wildman–Crippen LogP) is 3.18. The molecule has 0 saturated heterocycles. The maximum absolute atomic E-state index is 12.6. The topological polar surface area (TPSA) is 93.2 Å². The summed E-state index contributed by atoms with van der Waals surface area (Å²) in [6, 6.07) is 6.30. The molecule has 2 N–H and O–H groups in total. The molecule has 0 aliphatic carbocycles. The SMILES string of the molecule is CCCCCCNS(=O)(=O)c1ccc(OCCC)c(Cn2[nH]c(C)cc2=O)c1. The molecule has 28 heavy (non-hydrogen) atoms. The number of sulfonamides is 1. The quantitative estimate of drug-likeness (QED) is 0.527. The minimum atomic E-state index is -3.61. The molecule has 1 aromatic carbocycles. The summed E-state index contributed by atoms with van der Waals surface area (Å²) in [7, 11) is -3.61.